The summed E-state index contributed by atoms with van der Waals surface area (Å²) in [6.45, 7) is 0. The van der Waals surface area contributed by atoms with E-state index in [4.69, 9.17) is 5.11 Å². The molecule has 0 amide bonds. The second-order valence-electron chi connectivity index (χ2n) is 1.72. The topological polar surface area (TPSA) is 20.2 Å². The smallest absolute Gasteiger partial charge is 0.140 e. The van der Waals surface area contributed by atoms with Gasteiger partial charge in [0.05, 0.1) is 8.04 Å². The van der Waals surface area contributed by atoms with Gasteiger partial charge in [-0.25, -0.2) is 4.39 Å². The highest BCUT2D eigenvalue weighted by Gasteiger charge is 2.03. The highest BCUT2D eigenvalue weighted by Crippen LogP contribution is 2.27. The Kier molecular flexibility index (Phi) is 2.51. The van der Waals surface area contributed by atoms with Crippen LogP contribution in [0.1, 0.15) is 0 Å². The molecular formula is C6H3BrFIO. The Morgan fingerprint density at radius 2 is 2.10 bits per heavy atom. The predicted molar refractivity (Wildman–Crippen MR) is 48.5 cm³/mol. The second-order valence-corrected chi connectivity index (χ2v) is 3.73. The molecule has 0 aromatic heterocycles. The lowest BCUT2D eigenvalue weighted by atomic mass is 10.3. The molecule has 1 rings (SSSR count). The van der Waals surface area contributed by atoms with Crippen LogP contribution in [0.15, 0.2) is 16.6 Å². The summed E-state index contributed by atoms with van der Waals surface area (Å²) >= 11 is 4.91. The Labute approximate surface area is 79.5 Å². The zero-order valence-electron chi connectivity index (χ0n) is 4.74. The molecule has 1 nitrogen and oxygen atoms in total. The van der Waals surface area contributed by atoms with E-state index in [0.29, 0.717) is 8.04 Å². The van der Waals surface area contributed by atoms with E-state index >= 15 is 0 Å². The molecule has 0 fully saturated rings. The number of hydrogen-bond acceptors (Lipinski definition) is 1. The zero-order valence-corrected chi connectivity index (χ0v) is 8.48. The molecule has 10 heavy (non-hydrogen) atoms. The van der Waals surface area contributed by atoms with Crippen molar-refractivity contribution in [3.05, 3.63) is 26.0 Å². The first kappa shape index (κ1) is 8.26. The average Bonchev–Trinajstić information content (AvgIpc) is 1.84. The van der Waals surface area contributed by atoms with E-state index in [0.717, 1.165) is 6.07 Å². The second kappa shape index (κ2) is 3.04. The van der Waals surface area contributed by atoms with Crippen LogP contribution in [0.4, 0.5) is 4.39 Å². The van der Waals surface area contributed by atoms with Gasteiger partial charge in [0.2, 0.25) is 0 Å². The number of hydrogen-bond donors (Lipinski definition) is 1. The predicted octanol–water partition coefficient (Wildman–Crippen LogP) is 2.90. The van der Waals surface area contributed by atoms with E-state index in [1.165, 1.54) is 6.07 Å². The van der Waals surface area contributed by atoms with Crippen LogP contribution in [0.2, 0.25) is 0 Å². The summed E-state index contributed by atoms with van der Waals surface area (Å²) in [7, 11) is 0. The lowest BCUT2D eigenvalue weighted by molar-refractivity contribution is 0.465. The van der Waals surface area contributed by atoms with Gasteiger partial charge in [0, 0.05) is 6.07 Å². The molecule has 0 saturated heterocycles. The summed E-state index contributed by atoms with van der Waals surface area (Å²) < 4.78 is 13.6. The van der Waals surface area contributed by atoms with Crippen molar-refractivity contribution >= 4 is 38.5 Å². The molecule has 1 aromatic carbocycles. The first-order valence-electron chi connectivity index (χ1n) is 2.45. The number of halogens is 3. The van der Waals surface area contributed by atoms with Crippen LogP contribution in [0.5, 0.6) is 5.75 Å². The van der Waals surface area contributed by atoms with Crippen LogP contribution >= 0.6 is 38.5 Å². The Morgan fingerprint density at radius 3 is 2.60 bits per heavy atom. The lowest BCUT2D eigenvalue weighted by Gasteiger charge is -1.97. The summed E-state index contributed by atoms with van der Waals surface area (Å²) in [5.41, 5.74) is 0. The van der Waals surface area contributed by atoms with E-state index in [9.17, 15) is 4.39 Å². The maximum absolute atomic E-state index is 12.6. The molecule has 0 unspecified atom stereocenters. The van der Waals surface area contributed by atoms with E-state index in [1.54, 1.807) is 0 Å². The van der Waals surface area contributed by atoms with Gasteiger partial charge < -0.3 is 5.11 Å². The molecule has 0 aliphatic carbocycles. The van der Waals surface area contributed by atoms with Gasteiger partial charge in [-0.15, -0.1) is 0 Å². The van der Waals surface area contributed by atoms with Crippen molar-refractivity contribution in [3.8, 4) is 5.75 Å². The fourth-order valence-corrected chi connectivity index (χ4v) is 1.75. The van der Waals surface area contributed by atoms with Crippen LogP contribution < -0.4 is 0 Å². The molecule has 0 bridgehead atoms. The monoisotopic (exact) mass is 316 g/mol. The minimum absolute atomic E-state index is 0.0714. The molecular weight excluding hydrogens is 314 g/mol. The van der Waals surface area contributed by atoms with Crippen LogP contribution in [-0.2, 0) is 0 Å². The average molecular weight is 317 g/mol. The third-order valence-corrected chi connectivity index (χ3v) is 2.45. The van der Waals surface area contributed by atoms with E-state index < -0.39 is 5.82 Å². The van der Waals surface area contributed by atoms with Crippen LogP contribution in [0, 0.1) is 9.39 Å². The number of rotatable bonds is 0. The summed E-state index contributed by atoms with van der Waals surface area (Å²) in [6, 6.07) is 2.59. The van der Waals surface area contributed by atoms with Gasteiger partial charge in [-0.3, -0.25) is 0 Å². The van der Waals surface area contributed by atoms with Crippen molar-refractivity contribution in [1.29, 1.82) is 0 Å². The van der Waals surface area contributed by atoms with Crippen LogP contribution in [0.3, 0.4) is 0 Å². The molecule has 0 spiro atoms. The van der Waals surface area contributed by atoms with Gasteiger partial charge >= 0.3 is 0 Å². The highest BCUT2D eigenvalue weighted by atomic mass is 127. The highest BCUT2D eigenvalue weighted by molar-refractivity contribution is 14.1. The van der Waals surface area contributed by atoms with E-state index in [1.807, 2.05) is 22.6 Å². The number of benzene rings is 1. The summed E-state index contributed by atoms with van der Waals surface area (Å²) in [5, 5.41) is 8.93. The molecule has 0 saturated carbocycles. The summed E-state index contributed by atoms with van der Waals surface area (Å²) in [4.78, 5) is 0. The Balaban J connectivity index is 3.28. The molecule has 54 valence electrons. The molecule has 0 atom stereocenters. The standard InChI is InChI=1S/C6H3BrFIO/c7-3-1-5(9)4(8)2-6(3)10/h1-2,10H. The SMILES string of the molecule is Oc1cc(F)c(I)cc1Br. The third kappa shape index (κ3) is 1.60. The first-order chi connectivity index (χ1) is 4.61. The van der Waals surface area contributed by atoms with Crippen LogP contribution in [0.25, 0.3) is 0 Å². The molecule has 0 heterocycles. The van der Waals surface area contributed by atoms with Crippen molar-refractivity contribution in [1.82, 2.24) is 0 Å². The maximum Gasteiger partial charge on any atom is 0.140 e. The maximum atomic E-state index is 12.6. The summed E-state index contributed by atoms with van der Waals surface area (Å²) in [6.07, 6.45) is 0. The molecule has 0 aliphatic heterocycles. The lowest BCUT2D eigenvalue weighted by Crippen LogP contribution is -1.80. The molecule has 1 aromatic rings. The minimum atomic E-state index is -0.402. The van der Waals surface area contributed by atoms with Gasteiger partial charge in [0.1, 0.15) is 11.6 Å². The van der Waals surface area contributed by atoms with E-state index in [2.05, 4.69) is 15.9 Å². The van der Waals surface area contributed by atoms with Gasteiger partial charge in [-0.2, -0.15) is 0 Å². The normalized spacial score (nSPS) is 9.90. The first-order valence-corrected chi connectivity index (χ1v) is 4.32. The number of phenols is 1. The van der Waals surface area contributed by atoms with Crippen molar-refractivity contribution in [2.24, 2.45) is 0 Å². The van der Waals surface area contributed by atoms with Gasteiger partial charge in [-0.05, 0) is 44.6 Å². The van der Waals surface area contributed by atoms with Gasteiger partial charge in [-0.1, -0.05) is 0 Å². The number of aromatic hydroxyl groups is 1. The fraction of sp³-hybridized carbons (Fsp3) is 0. The quantitative estimate of drug-likeness (QED) is 0.576. The third-order valence-electron chi connectivity index (χ3n) is 0.990. The van der Waals surface area contributed by atoms with Crippen molar-refractivity contribution in [2.45, 2.75) is 0 Å². The molecule has 1 N–H and O–H groups in total. The van der Waals surface area contributed by atoms with Crippen molar-refractivity contribution < 1.29 is 9.50 Å². The van der Waals surface area contributed by atoms with Crippen LogP contribution in [-0.4, -0.2) is 5.11 Å². The Bertz CT molecular complexity index is 214. The van der Waals surface area contributed by atoms with Gasteiger partial charge in [0.25, 0.3) is 0 Å². The fourth-order valence-electron chi connectivity index (χ4n) is 0.512. The molecule has 0 radical (unpaired) electrons. The van der Waals surface area contributed by atoms with E-state index in [-0.39, 0.29) is 5.75 Å². The largest absolute Gasteiger partial charge is 0.507 e. The minimum Gasteiger partial charge on any atom is -0.507 e. The molecule has 0 aliphatic rings. The van der Waals surface area contributed by atoms with Crippen molar-refractivity contribution in [2.75, 3.05) is 0 Å². The summed E-state index contributed by atoms with van der Waals surface area (Å²) in [5.74, 6) is -0.473. The Morgan fingerprint density at radius 1 is 1.50 bits per heavy atom. The number of phenolic OH excluding ortho intramolecular Hbond substituents is 1. The van der Waals surface area contributed by atoms with Crippen molar-refractivity contribution in [3.63, 3.8) is 0 Å². The zero-order chi connectivity index (χ0) is 7.72. The molecule has 4 heteroatoms. The Hall–Kier alpha value is 0.160. The van der Waals surface area contributed by atoms with Gasteiger partial charge in [0.15, 0.2) is 0 Å².